The number of sulfonamides is 1. The van der Waals surface area contributed by atoms with E-state index >= 15 is 0 Å². The fraction of sp³-hybridized carbons (Fsp3) is 0.857. The van der Waals surface area contributed by atoms with Crippen LogP contribution in [-0.2, 0) is 14.8 Å². The lowest BCUT2D eigenvalue weighted by molar-refractivity contribution is -0.124. The van der Waals surface area contributed by atoms with E-state index in [4.69, 9.17) is 0 Å². The summed E-state index contributed by atoms with van der Waals surface area (Å²) in [5.74, 6) is -0.465. The SMILES string of the molecule is CC1(C(=O)NS(C)(=O)=O)CCCN1. The van der Waals surface area contributed by atoms with Crippen LogP contribution in [0.4, 0.5) is 0 Å². The molecule has 1 heterocycles. The third-order valence-electron chi connectivity index (χ3n) is 2.15. The summed E-state index contributed by atoms with van der Waals surface area (Å²) in [5.41, 5.74) is -0.719. The molecule has 0 aromatic carbocycles. The van der Waals surface area contributed by atoms with Gasteiger partial charge < -0.3 is 5.32 Å². The van der Waals surface area contributed by atoms with Gasteiger partial charge in [-0.2, -0.15) is 0 Å². The summed E-state index contributed by atoms with van der Waals surface area (Å²) in [4.78, 5) is 11.4. The molecular formula is C7H14N2O3S. The van der Waals surface area contributed by atoms with Crippen molar-refractivity contribution in [1.29, 1.82) is 0 Å². The van der Waals surface area contributed by atoms with Gasteiger partial charge in [0, 0.05) is 0 Å². The molecule has 5 nitrogen and oxygen atoms in total. The Morgan fingerprint density at radius 3 is 2.54 bits per heavy atom. The Morgan fingerprint density at radius 2 is 2.15 bits per heavy atom. The molecular weight excluding hydrogens is 192 g/mol. The highest BCUT2D eigenvalue weighted by Crippen LogP contribution is 2.18. The maximum Gasteiger partial charge on any atom is 0.253 e. The number of hydrogen-bond acceptors (Lipinski definition) is 4. The Bertz CT molecular complexity index is 304. The zero-order valence-corrected chi connectivity index (χ0v) is 8.57. The average molecular weight is 206 g/mol. The van der Waals surface area contributed by atoms with Crippen LogP contribution in [-0.4, -0.2) is 32.7 Å². The lowest BCUT2D eigenvalue weighted by atomic mass is 10.0. The number of rotatable bonds is 2. The molecule has 1 unspecified atom stereocenters. The molecule has 1 saturated heterocycles. The van der Waals surface area contributed by atoms with Gasteiger partial charge in [-0.3, -0.25) is 9.52 Å². The van der Waals surface area contributed by atoms with E-state index in [-0.39, 0.29) is 0 Å². The van der Waals surface area contributed by atoms with Gasteiger partial charge in [-0.15, -0.1) is 0 Å². The summed E-state index contributed by atoms with van der Waals surface area (Å²) < 4.78 is 23.5. The molecule has 0 aromatic rings. The smallest absolute Gasteiger partial charge is 0.253 e. The Labute approximate surface area is 77.9 Å². The molecule has 1 fully saturated rings. The molecule has 2 N–H and O–H groups in total. The van der Waals surface area contributed by atoms with Crippen molar-refractivity contribution in [3.8, 4) is 0 Å². The van der Waals surface area contributed by atoms with Crippen molar-refractivity contribution in [2.75, 3.05) is 12.8 Å². The molecule has 1 rings (SSSR count). The third kappa shape index (κ3) is 2.67. The first-order chi connectivity index (χ1) is 5.83. The molecule has 0 saturated carbocycles. The first-order valence-electron chi connectivity index (χ1n) is 4.11. The summed E-state index contributed by atoms with van der Waals surface area (Å²) in [6.07, 6.45) is 2.55. The molecule has 76 valence electrons. The number of nitrogens with one attached hydrogen (secondary N) is 2. The Morgan fingerprint density at radius 1 is 1.54 bits per heavy atom. The van der Waals surface area contributed by atoms with Crippen molar-refractivity contribution < 1.29 is 13.2 Å². The molecule has 1 amide bonds. The van der Waals surface area contributed by atoms with Crippen LogP contribution in [0.15, 0.2) is 0 Å². The molecule has 1 aliphatic heterocycles. The summed E-state index contributed by atoms with van der Waals surface area (Å²) in [7, 11) is -3.44. The predicted octanol–water partition coefficient (Wildman–Crippen LogP) is -0.796. The fourth-order valence-corrected chi connectivity index (χ4v) is 1.93. The summed E-state index contributed by atoms with van der Waals surface area (Å²) >= 11 is 0. The van der Waals surface area contributed by atoms with Crippen LogP contribution >= 0.6 is 0 Å². The molecule has 0 aliphatic carbocycles. The van der Waals surface area contributed by atoms with E-state index in [1.54, 1.807) is 6.92 Å². The van der Waals surface area contributed by atoms with Crippen LogP contribution in [0.3, 0.4) is 0 Å². The highest BCUT2D eigenvalue weighted by atomic mass is 32.2. The average Bonchev–Trinajstić information content (AvgIpc) is 2.33. The van der Waals surface area contributed by atoms with Crippen LogP contribution in [0.5, 0.6) is 0 Å². The van der Waals surface area contributed by atoms with E-state index in [1.165, 1.54) is 0 Å². The fourth-order valence-electron chi connectivity index (χ4n) is 1.37. The zero-order chi connectivity index (χ0) is 10.1. The second-order valence-electron chi connectivity index (χ2n) is 3.57. The molecule has 0 spiro atoms. The standard InChI is InChI=1S/C7H14N2O3S/c1-7(4-3-5-8-7)6(10)9-13(2,11)12/h8H,3-5H2,1-2H3,(H,9,10). The lowest BCUT2D eigenvalue weighted by Gasteiger charge is -2.21. The minimum atomic E-state index is -3.44. The summed E-state index contributed by atoms with van der Waals surface area (Å²) in [6, 6.07) is 0. The lowest BCUT2D eigenvalue weighted by Crippen LogP contribution is -2.52. The highest BCUT2D eigenvalue weighted by molar-refractivity contribution is 7.89. The Hall–Kier alpha value is -0.620. The third-order valence-corrected chi connectivity index (χ3v) is 2.70. The Balaban J connectivity index is 2.67. The maximum atomic E-state index is 11.4. The van der Waals surface area contributed by atoms with E-state index in [1.807, 2.05) is 4.72 Å². The highest BCUT2D eigenvalue weighted by Gasteiger charge is 2.36. The van der Waals surface area contributed by atoms with Gasteiger partial charge in [-0.25, -0.2) is 8.42 Å². The Kier molecular flexibility index (Phi) is 2.63. The van der Waals surface area contributed by atoms with Crippen LogP contribution < -0.4 is 10.0 Å². The second kappa shape index (κ2) is 3.26. The second-order valence-corrected chi connectivity index (χ2v) is 5.31. The van der Waals surface area contributed by atoms with E-state index in [0.717, 1.165) is 19.2 Å². The zero-order valence-electron chi connectivity index (χ0n) is 7.75. The largest absolute Gasteiger partial charge is 0.304 e. The van der Waals surface area contributed by atoms with Gasteiger partial charge in [-0.05, 0) is 26.3 Å². The first-order valence-corrected chi connectivity index (χ1v) is 6.00. The minimum Gasteiger partial charge on any atom is -0.304 e. The topological polar surface area (TPSA) is 75.3 Å². The van der Waals surface area contributed by atoms with E-state index in [2.05, 4.69) is 5.32 Å². The van der Waals surface area contributed by atoms with Crippen molar-refractivity contribution in [3.05, 3.63) is 0 Å². The molecule has 6 heteroatoms. The van der Waals surface area contributed by atoms with Crippen LogP contribution in [0.1, 0.15) is 19.8 Å². The van der Waals surface area contributed by atoms with Crippen LogP contribution in [0.2, 0.25) is 0 Å². The van der Waals surface area contributed by atoms with Gasteiger partial charge in [0.2, 0.25) is 10.0 Å². The quantitative estimate of drug-likeness (QED) is 0.620. The van der Waals surface area contributed by atoms with Gasteiger partial charge in [0.1, 0.15) is 0 Å². The van der Waals surface area contributed by atoms with E-state index in [0.29, 0.717) is 6.42 Å². The number of hydrogen-bond donors (Lipinski definition) is 2. The number of carbonyl (C=O) groups excluding carboxylic acids is 1. The molecule has 1 atom stereocenters. The van der Waals surface area contributed by atoms with E-state index in [9.17, 15) is 13.2 Å². The van der Waals surface area contributed by atoms with Crippen LogP contribution in [0.25, 0.3) is 0 Å². The maximum absolute atomic E-state index is 11.4. The van der Waals surface area contributed by atoms with Crippen molar-refractivity contribution in [1.82, 2.24) is 10.0 Å². The van der Waals surface area contributed by atoms with Crippen molar-refractivity contribution >= 4 is 15.9 Å². The normalized spacial score (nSPS) is 28.8. The molecule has 0 bridgehead atoms. The molecule has 1 aliphatic rings. The monoisotopic (exact) mass is 206 g/mol. The molecule has 0 radical (unpaired) electrons. The molecule has 13 heavy (non-hydrogen) atoms. The van der Waals surface area contributed by atoms with Crippen molar-refractivity contribution in [3.63, 3.8) is 0 Å². The number of carbonyl (C=O) groups is 1. The predicted molar refractivity (Wildman–Crippen MR) is 48.6 cm³/mol. The molecule has 0 aromatic heterocycles. The first kappa shape index (κ1) is 10.5. The van der Waals surface area contributed by atoms with Crippen molar-refractivity contribution in [2.24, 2.45) is 0 Å². The minimum absolute atomic E-state index is 0.465. The van der Waals surface area contributed by atoms with Crippen molar-refractivity contribution in [2.45, 2.75) is 25.3 Å². The van der Waals surface area contributed by atoms with Gasteiger partial charge in [0.25, 0.3) is 5.91 Å². The van der Waals surface area contributed by atoms with Gasteiger partial charge in [0.05, 0.1) is 11.8 Å². The number of amides is 1. The van der Waals surface area contributed by atoms with Gasteiger partial charge >= 0.3 is 0 Å². The van der Waals surface area contributed by atoms with E-state index < -0.39 is 21.5 Å². The van der Waals surface area contributed by atoms with Crippen LogP contribution in [0, 0.1) is 0 Å². The van der Waals surface area contributed by atoms with Gasteiger partial charge in [0.15, 0.2) is 0 Å². The summed E-state index contributed by atoms with van der Waals surface area (Å²) in [5, 5.41) is 2.98. The van der Waals surface area contributed by atoms with Gasteiger partial charge in [-0.1, -0.05) is 0 Å². The summed E-state index contributed by atoms with van der Waals surface area (Å²) in [6.45, 7) is 2.47.